The van der Waals surface area contributed by atoms with E-state index >= 15 is 0 Å². The molecule has 25 nitrogen and oxygen atoms in total. The van der Waals surface area contributed by atoms with Gasteiger partial charge in [0.05, 0.1) is 62.2 Å². The molecule has 0 atom stereocenters. The number of hydrogen-bond acceptors (Lipinski definition) is 21. The molecule has 0 unspecified atom stereocenters. The Morgan fingerprint density at radius 2 is 0.694 bits per heavy atom. The molecule has 0 radical (unpaired) electrons. The van der Waals surface area contributed by atoms with Crippen LogP contribution in [0.4, 0.5) is 23.3 Å². The zero-order valence-electron chi connectivity index (χ0n) is 66.2. The molecule has 0 aliphatic heterocycles. The molecule has 4 saturated carbocycles. The maximum Gasteiger partial charge on any atom is 0.153 e. The summed E-state index contributed by atoms with van der Waals surface area (Å²) < 4.78 is 7.73. The van der Waals surface area contributed by atoms with Crippen LogP contribution >= 0.6 is 0 Å². The van der Waals surface area contributed by atoms with Crippen molar-refractivity contribution in [3.8, 4) is 90.2 Å². The molecule has 0 spiro atoms. The van der Waals surface area contributed by atoms with Crippen molar-refractivity contribution in [3.05, 3.63) is 285 Å². The zero-order chi connectivity index (χ0) is 81.2. The molecule has 0 bridgehead atoms. The van der Waals surface area contributed by atoms with Crippen molar-refractivity contribution in [3.63, 3.8) is 0 Å². The number of anilines is 4. The highest BCUT2D eigenvalue weighted by atomic mass is 15.3. The Balaban J connectivity index is 0.0000000996. The average Bonchev–Trinajstić information content (AvgIpc) is 1.65. The second-order valence-corrected chi connectivity index (χ2v) is 31.6. The van der Waals surface area contributed by atoms with Crippen LogP contribution < -0.4 is 22.9 Å². The molecule has 4 aliphatic carbocycles. The lowest BCUT2D eigenvalue weighted by Gasteiger charge is -2.23. The molecule has 20 aromatic rings. The van der Waals surface area contributed by atoms with Gasteiger partial charge < -0.3 is 22.9 Å². The van der Waals surface area contributed by atoms with Crippen molar-refractivity contribution in [1.29, 1.82) is 0 Å². The van der Waals surface area contributed by atoms with E-state index in [1.807, 2.05) is 135 Å². The lowest BCUT2D eigenvalue weighted by atomic mass is 9.85. The first kappa shape index (κ1) is 73.4. The van der Waals surface area contributed by atoms with E-state index in [9.17, 15) is 0 Å². The summed E-state index contributed by atoms with van der Waals surface area (Å²) in [7, 11) is 0. The van der Waals surface area contributed by atoms with Gasteiger partial charge in [0.2, 0.25) is 0 Å². The Kier molecular flexibility index (Phi) is 18.8. The second-order valence-electron chi connectivity index (χ2n) is 31.6. The minimum atomic E-state index is 0.426. The Hall–Kier alpha value is -15.3. The van der Waals surface area contributed by atoms with Crippen LogP contribution in [0, 0.1) is 6.92 Å². The molecule has 25 heteroatoms. The summed E-state index contributed by atoms with van der Waals surface area (Å²) >= 11 is 0. The van der Waals surface area contributed by atoms with E-state index in [0.717, 1.165) is 218 Å². The van der Waals surface area contributed by atoms with Crippen LogP contribution in [0.5, 0.6) is 0 Å². The third-order valence-electron chi connectivity index (χ3n) is 24.1. The van der Waals surface area contributed by atoms with Crippen LogP contribution in [0.1, 0.15) is 130 Å². The predicted octanol–water partition coefficient (Wildman–Crippen LogP) is 19.1. The van der Waals surface area contributed by atoms with E-state index in [2.05, 4.69) is 160 Å². The van der Waals surface area contributed by atoms with Gasteiger partial charge in [0.1, 0.15) is 92.9 Å². The number of nitrogens with zero attached hydrogens (tertiary/aromatic N) is 21. The number of nitrogens with two attached hydrogens (primary N) is 4. The Morgan fingerprint density at radius 1 is 0.289 bits per heavy atom. The van der Waals surface area contributed by atoms with Gasteiger partial charge in [-0.25, -0.2) is 73.4 Å². The van der Waals surface area contributed by atoms with Gasteiger partial charge in [-0.3, -0.25) is 14.4 Å². The third-order valence-corrected chi connectivity index (χ3v) is 24.1. The molecule has 0 amide bonds. The van der Waals surface area contributed by atoms with Gasteiger partial charge in [-0.2, -0.15) is 15.3 Å². The number of fused-ring (bicyclic) bond motifs is 8. The largest absolute Gasteiger partial charge is 0.382 e. The molecule has 4 fully saturated rings. The SMILES string of the molecule is Cc1cc(-c2ccccc2)nc2cc(-c3nc(C4CCC4)n4ncnc(N)c34)ccc12.Nc1nccn2c(C3CCC3)nc(-c3ccc4ncc(-c5ccccc5)nc4c3)c12.Nc1ncnn2c(C3CCC3)nc(-c3ccc4ccc(-c5ccccc5)nc4c3)c12.Nc1ncnn2c(C3CCC3)nc(-c3ccc4ccc(-c5ccccn5)nc4c3)c12. The van der Waals surface area contributed by atoms with Crippen molar-refractivity contribution in [2.24, 2.45) is 0 Å². The first-order chi connectivity index (χ1) is 59.5. The lowest BCUT2D eigenvalue weighted by Crippen LogP contribution is -2.14. The van der Waals surface area contributed by atoms with Crippen molar-refractivity contribution in [2.75, 3.05) is 22.9 Å². The summed E-state index contributed by atoms with van der Waals surface area (Å²) in [6.45, 7) is 2.13. The summed E-state index contributed by atoms with van der Waals surface area (Å²) in [6.07, 6.45) is 25.9. The van der Waals surface area contributed by atoms with Gasteiger partial charge in [-0.15, -0.1) is 0 Å². The third kappa shape index (κ3) is 13.7. The Labute approximate surface area is 693 Å². The molecule has 8 N–H and O–H groups in total. The topological polar surface area (TPSA) is 341 Å². The number of rotatable bonds is 12. The number of hydrogen-bond donors (Lipinski definition) is 4. The molecular formula is C96H81N25. The maximum absolute atomic E-state index is 6.28. The van der Waals surface area contributed by atoms with Gasteiger partial charge in [-0.1, -0.05) is 177 Å². The molecule has 13 aromatic heterocycles. The Morgan fingerprint density at radius 3 is 1.20 bits per heavy atom. The standard InChI is InChI=1S/C25H22N6.2C24H20N6.C23H19N7/c1-15-12-20(16-6-3-2-4-7-16)29-21-13-18(10-11-19(15)21)22-23-24(26)27-14-28-31(23)25(30-22)17-8-5-9-17;25-23-22-21(29-24(17-7-4-8-17)30(22)27-14-26-23)18-10-9-16-11-12-19(28-20(16)13-18)15-5-2-1-3-6-15;25-23-22-21(29-24(16-7-4-8-16)30(22)12-11-26-23)17-9-10-18-19(13-17)28-20(14-27-18)15-5-2-1-3-6-15;24-22-21-20(29-23(15-4-3-5-15)30(21)27-13-26-22)16-8-7-14-9-10-18(28-19(14)12-16)17-6-1-2-11-25-17/h2-4,6-7,10-14,17H,5,8-9H2,1H3,(H2,26,27,28);1-3,5-6,9-14,17H,4,7-8H2,(H2,25,26,27);1-3,5-6,9-14,16H,4,7-8H2,(H2,25,26);1-2,6-13,15H,3-5H2,(H2,24,26,27). The molecule has 4 aliphatic rings. The minimum absolute atomic E-state index is 0.426. The van der Waals surface area contributed by atoms with Gasteiger partial charge in [0, 0.05) is 97.4 Å². The first-order valence-corrected chi connectivity index (χ1v) is 41.2. The minimum Gasteiger partial charge on any atom is -0.382 e. The fraction of sp³-hybridized carbons (Fsp3) is 0.177. The summed E-state index contributed by atoms with van der Waals surface area (Å²) in [5.41, 5.74) is 48.8. The fourth-order valence-corrected chi connectivity index (χ4v) is 16.7. The van der Waals surface area contributed by atoms with E-state index in [-0.39, 0.29) is 0 Å². The lowest BCUT2D eigenvalue weighted by molar-refractivity contribution is 0.396. The first-order valence-electron chi connectivity index (χ1n) is 41.2. The summed E-state index contributed by atoms with van der Waals surface area (Å²) in [5, 5.41) is 16.7. The Bertz CT molecular complexity index is 6820. The smallest absolute Gasteiger partial charge is 0.153 e. The molecule has 24 rings (SSSR count). The van der Waals surface area contributed by atoms with Crippen molar-refractivity contribution in [2.45, 2.75) is 108 Å². The summed E-state index contributed by atoms with van der Waals surface area (Å²) in [5.74, 6) is 7.61. The highest BCUT2D eigenvalue weighted by Gasteiger charge is 2.33. The quantitative estimate of drug-likeness (QED) is 0.0882. The molecule has 7 aromatic carbocycles. The number of pyridine rings is 4. The van der Waals surface area contributed by atoms with Crippen molar-refractivity contribution >= 4 is 89.1 Å². The average molecular weight is 1580 g/mol. The van der Waals surface area contributed by atoms with Crippen LogP contribution in [0.25, 0.3) is 156 Å². The van der Waals surface area contributed by atoms with E-state index in [1.54, 1.807) is 12.4 Å². The summed E-state index contributed by atoms with van der Waals surface area (Å²) in [4.78, 5) is 65.5. The van der Waals surface area contributed by atoms with Gasteiger partial charge >= 0.3 is 0 Å². The number of aryl methyl sites for hydroxylation is 1. The highest BCUT2D eigenvalue weighted by molar-refractivity contribution is 5.96. The molecular weight excluding hydrogens is 1500 g/mol. The normalized spacial score (nSPS) is 14.3. The van der Waals surface area contributed by atoms with Crippen molar-refractivity contribution < 1.29 is 0 Å². The van der Waals surface area contributed by atoms with Crippen molar-refractivity contribution in [1.82, 2.24) is 103 Å². The molecule has 0 saturated heterocycles. The second kappa shape index (κ2) is 31.0. The van der Waals surface area contributed by atoms with Crippen LogP contribution in [-0.4, -0.2) is 103 Å². The molecule has 13 heterocycles. The fourth-order valence-electron chi connectivity index (χ4n) is 16.7. The molecule has 121 heavy (non-hydrogen) atoms. The van der Waals surface area contributed by atoms with E-state index in [4.69, 9.17) is 62.8 Å². The van der Waals surface area contributed by atoms with Crippen LogP contribution in [0.3, 0.4) is 0 Å². The molecule has 590 valence electrons. The van der Waals surface area contributed by atoms with Gasteiger partial charge in [0.25, 0.3) is 0 Å². The number of benzene rings is 7. The van der Waals surface area contributed by atoms with E-state index in [1.165, 1.54) is 63.1 Å². The maximum atomic E-state index is 6.28. The highest BCUT2D eigenvalue weighted by Crippen LogP contribution is 2.45. The van der Waals surface area contributed by atoms with Gasteiger partial charge in [0.15, 0.2) is 17.5 Å². The van der Waals surface area contributed by atoms with Crippen LogP contribution in [0.2, 0.25) is 0 Å². The van der Waals surface area contributed by atoms with Crippen LogP contribution in [-0.2, 0) is 0 Å². The predicted molar refractivity (Wildman–Crippen MR) is 474 cm³/mol. The summed E-state index contributed by atoms with van der Waals surface area (Å²) in [6, 6.07) is 71.6. The monoisotopic (exact) mass is 1580 g/mol. The van der Waals surface area contributed by atoms with Crippen LogP contribution in [0.15, 0.2) is 256 Å². The van der Waals surface area contributed by atoms with Gasteiger partial charge in [-0.05, 0) is 125 Å². The zero-order valence-corrected chi connectivity index (χ0v) is 66.2. The number of imidazole rings is 4. The van der Waals surface area contributed by atoms with E-state index in [0.29, 0.717) is 46.9 Å². The number of aromatic nitrogens is 21. The number of nitrogen functional groups attached to an aromatic ring is 4. The van der Waals surface area contributed by atoms with E-state index < -0.39 is 0 Å².